The number of nitrogens with one attached hydrogen (secondary N) is 1. The van der Waals surface area contributed by atoms with Gasteiger partial charge >= 0.3 is 18.2 Å². The van der Waals surface area contributed by atoms with Crippen molar-refractivity contribution in [3.8, 4) is 0 Å². The average molecular weight is 403 g/mol. The van der Waals surface area contributed by atoms with Gasteiger partial charge in [-0.25, -0.2) is 14.4 Å². The zero-order valence-electron chi connectivity index (χ0n) is 15.1. The van der Waals surface area contributed by atoms with Gasteiger partial charge in [0, 0.05) is 18.4 Å². The number of amides is 3. The normalized spacial score (nSPS) is 21.3. The van der Waals surface area contributed by atoms with Crippen LogP contribution in [0, 0.1) is 0 Å². The first-order valence-corrected chi connectivity index (χ1v) is 9.03. The lowest BCUT2D eigenvalue weighted by molar-refractivity contribution is -0.157. The molecule has 150 valence electrons. The van der Waals surface area contributed by atoms with Gasteiger partial charge in [0.2, 0.25) is 0 Å². The second-order valence-corrected chi connectivity index (χ2v) is 6.99. The standard InChI is InChI=1S/C15H21N3O8S/c1-7(2)26-15(22)17-9-11(19)18-10(13(20)25-6-23-3)8(4-24-14(16)21)5-27-12(9)18/h7,9,12H,4-6H2,1-3H3,(H2,16,21)(H,17,22)/t9-,12-/m1/s1. The van der Waals surface area contributed by atoms with E-state index >= 15 is 0 Å². The summed E-state index contributed by atoms with van der Waals surface area (Å²) in [5.74, 6) is -1.04. The maximum Gasteiger partial charge on any atom is 0.408 e. The van der Waals surface area contributed by atoms with Crippen LogP contribution < -0.4 is 11.1 Å². The number of nitrogens with two attached hydrogens (primary N) is 1. The first-order chi connectivity index (χ1) is 12.8. The molecule has 2 rings (SSSR count). The largest absolute Gasteiger partial charge is 0.447 e. The van der Waals surface area contributed by atoms with Crippen molar-refractivity contribution in [2.75, 3.05) is 26.3 Å². The van der Waals surface area contributed by atoms with Crippen molar-refractivity contribution >= 4 is 35.8 Å². The van der Waals surface area contributed by atoms with Crippen molar-refractivity contribution in [2.45, 2.75) is 31.4 Å². The van der Waals surface area contributed by atoms with E-state index in [0.717, 1.165) is 0 Å². The summed E-state index contributed by atoms with van der Waals surface area (Å²) in [6, 6.07) is -0.843. The van der Waals surface area contributed by atoms with Crippen molar-refractivity contribution in [3.05, 3.63) is 11.3 Å². The Morgan fingerprint density at radius 1 is 1.33 bits per heavy atom. The second-order valence-electron chi connectivity index (χ2n) is 5.88. The number of rotatable bonds is 7. The van der Waals surface area contributed by atoms with Crippen LogP contribution in [-0.4, -0.2) is 72.7 Å². The maximum atomic E-state index is 12.5. The van der Waals surface area contributed by atoms with E-state index in [-0.39, 0.29) is 31.0 Å². The Morgan fingerprint density at radius 2 is 2.04 bits per heavy atom. The molecule has 3 amide bonds. The highest BCUT2D eigenvalue weighted by atomic mass is 32.2. The van der Waals surface area contributed by atoms with Crippen LogP contribution >= 0.6 is 11.8 Å². The van der Waals surface area contributed by atoms with Crippen LogP contribution in [-0.2, 0) is 28.5 Å². The van der Waals surface area contributed by atoms with Crippen LogP contribution in [0.1, 0.15) is 13.8 Å². The van der Waals surface area contributed by atoms with Gasteiger partial charge in [0.05, 0.1) is 6.10 Å². The third-order valence-electron chi connectivity index (χ3n) is 3.55. The van der Waals surface area contributed by atoms with Crippen LogP contribution in [0.5, 0.6) is 0 Å². The van der Waals surface area contributed by atoms with Crippen LogP contribution in [0.3, 0.4) is 0 Å². The molecule has 0 aliphatic carbocycles. The Balaban J connectivity index is 2.17. The lowest BCUT2D eigenvalue weighted by atomic mass is 10.0. The molecule has 12 heteroatoms. The third kappa shape index (κ3) is 4.83. The summed E-state index contributed by atoms with van der Waals surface area (Å²) < 4.78 is 19.4. The van der Waals surface area contributed by atoms with Crippen LogP contribution in [0.25, 0.3) is 0 Å². The lowest BCUT2D eigenvalue weighted by Crippen LogP contribution is -2.70. The topological polar surface area (TPSA) is 146 Å². The molecule has 0 aromatic carbocycles. The van der Waals surface area contributed by atoms with Gasteiger partial charge in [0.25, 0.3) is 5.91 Å². The van der Waals surface area contributed by atoms with E-state index in [9.17, 15) is 19.2 Å². The number of hydrogen-bond acceptors (Lipinski definition) is 9. The predicted octanol–water partition coefficient (Wildman–Crippen LogP) is -0.0988. The SMILES string of the molecule is COCOC(=O)C1=C(COC(N)=O)CS[C@@H]2[C@H](NC(=O)OC(C)C)C(=O)N12. The van der Waals surface area contributed by atoms with E-state index in [1.807, 2.05) is 0 Å². The van der Waals surface area contributed by atoms with Gasteiger partial charge in [0.15, 0.2) is 6.79 Å². The van der Waals surface area contributed by atoms with E-state index in [0.29, 0.717) is 5.57 Å². The van der Waals surface area contributed by atoms with Crippen molar-refractivity contribution < 1.29 is 38.1 Å². The fourth-order valence-electron chi connectivity index (χ4n) is 2.50. The van der Waals surface area contributed by atoms with Gasteiger partial charge in [-0.3, -0.25) is 9.69 Å². The molecule has 0 bridgehead atoms. The van der Waals surface area contributed by atoms with E-state index in [2.05, 4.69) is 5.32 Å². The summed E-state index contributed by atoms with van der Waals surface area (Å²) in [7, 11) is 1.34. The highest BCUT2D eigenvalue weighted by Gasteiger charge is 2.54. The fourth-order valence-corrected chi connectivity index (χ4v) is 3.82. The van der Waals surface area contributed by atoms with Crippen molar-refractivity contribution in [1.82, 2.24) is 10.2 Å². The minimum atomic E-state index is -1.01. The minimum Gasteiger partial charge on any atom is -0.447 e. The summed E-state index contributed by atoms with van der Waals surface area (Å²) in [5, 5.41) is 1.97. The highest BCUT2D eigenvalue weighted by Crippen LogP contribution is 2.40. The van der Waals surface area contributed by atoms with Crippen molar-refractivity contribution in [1.29, 1.82) is 0 Å². The number of primary amides is 1. The fraction of sp³-hybridized carbons (Fsp3) is 0.600. The maximum absolute atomic E-state index is 12.5. The van der Waals surface area contributed by atoms with Gasteiger partial charge in [-0.05, 0) is 13.8 Å². The molecule has 1 saturated heterocycles. The molecule has 1 fully saturated rings. The number of carbonyl (C=O) groups is 4. The summed E-state index contributed by atoms with van der Waals surface area (Å²) in [6.45, 7) is 2.79. The van der Waals surface area contributed by atoms with Gasteiger partial charge in [-0.1, -0.05) is 0 Å². The number of β-lactam (4-membered cyclic amide) rings is 1. The molecule has 0 saturated carbocycles. The van der Waals surface area contributed by atoms with E-state index in [1.54, 1.807) is 13.8 Å². The second kappa shape index (κ2) is 8.95. The molecule has 0 radical (unpaired) electrons. The van der Waals surface area contributed by atoms with Gasteiger partial charge in [-0.15, -0.1) is 11.8 Å². The Morgan fingerprint density at radius 3 is 2.63 bits per heavy atom. The summed E-state index contributed by atoms with van der Waals surface area (Å²) in [6.07, 6.45) is -2.07. The molecule has 2 atom stereocenters. The molecule has 0 aromatic rings. The number of ether oxygens (including phenoxy) is 4. The van der Waals surface area contributed by atoms with E-state index < -0.39 is 35.5 Å². The number of thioether (sulfide) groups is 1. The Hall–Kier alpha value is -2.47. The smallest absolute Gasteiger partial charge is 0.408 e. The molecule has 3 N–H and O–H groups in total. The predicted molar refractivity (Wildman–Crippen MR) is 92.2 cm³/mol. The molecule has 27 heavy (non-hydrogen) atoms. The summed E-state index contributed by atoms with van der Waals surface area (Å²) in [5.41, 5.74) is 5.29. The number of nitrogens with zero attached hydrogens (tertiary/aromatic N) is 1. The van der Waals surface area contributed by atoms with Gasteiger partial charge in [-0.2, -0.15) is 0 Å². The Labute approximate surface area is 159 Å². The van der Waals surface area contributed by atoms with Crippen molar-refractivity contribution in [2.24, 2.45) is 5.73 Å². The van der Waals surface area contributed by atoms with E-state index in [1.165, 1.54) is 23.8 Å². The molecule has 0 spiro atoms. The number of carbonyl (C=O) groups excluding carboxylic acids is 4. The number of esters is 1. The number of methoxy groups -OCH3 is 1. The number of alkyl carbamates (subject to hydrolysis) is 1. The first-order valence-electron chi connectivity index (χ1n) is 7.98. The van der Waals surface area contributed by atoms with Crippen LogP contribution in [0.2, 0.25) is 0 Å². The molecular weight excluding hydrogens is 382 g/mol. The molecule has 2 aliphatic heterocycles. The van der Waals surface area contributed by atoms with Gasteiger partial charge < -0.3 is 30.0 Å². The highest BCUT2D eigenvalue weighted by molar-refractivity contribution is 8.00. The molecule has 11 nitrogen and oxygen atoms in total. The Kier molecular flexibility index (Phi) is 6.91. The monoisotopic (exact) mass is 403 g/mol. The zero-order chi connectivity index (χ0) is 20.1. The first kappa shape index (κ1) is 20.8. The van der Waals surface area contributed by atoms with Crippen LogP contribution in [0.15, 0.2) is 11.3 Å². The molecular formula is C15H21N3O8S. The summed E-state index contributed by atoms with van der Waals surface area (Å²) in [4.78, 5) is 48.7. The number of fused-ring (bicyclic) bond motifs is 1. The number of hydrogen-bond donors (Lipinski definition) is 2. The van der Waals surface area contributed by atoms with E-state index in [4.69, 9.17) is 24.7 Å². The Bertz CT molecular complexity index is 665. The molecule has 0 unspecified atom stereocenters. The molecule has 0 aromatic heterocycles. The quantitative estimate of drug-likeness (QED) is 0.257. The summed E-state index contributed by atoms with van der Waals surface area (Å²) >= 11 is 1.30. The van der Waals surface area contributed by atoms with Gasteiger partial charge in [0.1, 0.15) is 23.7 Å². The average Bonchev–Trinajstić information content (AvgIpc) is 2.60. The minimum absolute atomic E-state index is 0.0441. The van der Waals surface area contributed by atoms with Crippen molar-refractivity contribution in [3.63, 3.8) is 0 Å². The lowest BCUT2D eigenvalue weighted by Gasteiger charge is -2.49. The third-order valence-corrected chi connectivity index (χ3v) is 4.89. The van der Waals surface area contributed by atoms with Crippen LogP contribution in [0.4, 0.5) is 9.59 Å². The molecule has 2 aliphatic rings. The molecule has 2 heterocycles. The zero-order valence-corrected chi connectivity index (χ0v) is 15.9.